The lowest BCUT2D eigenvalue weighted by atomic mass is 10.4. The van der Waals surface area contributed by atoms with Crippen molar-refractivity contribution in [2.45, 2.75) is 18.7 Å². The van der Waals surface area contributed by atoms with Gasteiger partial charge in [0, 0.05) is 0 Å². The van der Waals surface area contributed by atoms with Crippen LogP contribution in [0, 0.1) is 0 Å². The quantitative estimate of drug-likeness (QED) is 0.430. The van der Waals surface area contributed by atoms with Gasteiger partial charge in [-0.05, 0) is 50.3 Å². The van der Waals surface area contributed by atoms with Crippen molar-refractivity contribution in [2.75, 3.05) is 0 Å². The molecule has 0 aliphatic carbocycles. The van der Waals surface area contributed by atoms with Crippen molar-refractivity contribution in [3.05, 3.63) is 102 Å². The molecule has 0 unspecified atom stereocenters. The third-order valence-electron chi connectivity index (χ3n) is 2.81. The van der Waals surface area contributed by atoms with E-state index >= 15 is 0 Å². The summed E-state index contributed by atoms with van der Waals surface area (Å²) in [6.07, 6.45) is 16.2. The summed E-state index contributed by atoms with van der Waals surface area (Å²) in [6.45, 7) is 11.7. The van der Waals surface area contributed by atoms with E-state index in [0.29, 0.717) is 0 Å². The molecule has 1 heteroatoms. The second kappa shape index (κ2) is 9.84. The van der Waals surface area contributed by atoms with Gasteiger partial charge in [-0.1, -0.05) is 55.7 Å². The van der Waals surface area contributed by atoms with E-state index in [0.717, 1.165) is 0 Å². The van der Waals surface area contributed by atoms with Gasteiger partial charge in [0.15, 0.2) is 14.7 Å². The molecule has 1 aromatic rings. The van der Waals surface area contributed by atoms with Crippen LogP contribution in [0.15, 0.2) is 107 Å². The number of allylic oxidation sites excluding steroid dienone is 8. The van der Waals surface area contributed by atoms with Gasteiger partial charge in [-0.15, -0.1) is 0 Å². The van der Waals surface area contributed by atoms with E-state index in [9.17, 15) is 0 Å². The van der Waals surface area contributed by atoms with Crippen molar-refractivity contribution in [3.63, 3.8) is 0 Å². The molecule has 0 amide bonds. The Labute approximate surface area is 131 Å². The molecular formula is C20H23S+. The first kappa shape index (κ1) is 17.1. The monoisotopic (exact) mass is 295 g/mol. The average Bonchev–Trinajstić information content (AvgIpc) is 2.54. The van der Waals surface area contributed by atoms with Gasteiger partial charge >= 0.3 is 0 Å². The normalized spacial score (nSPS) is 14.6. The SMILES string of the molecule is C=C/C=C\C(=C/C)[S+](C(/C=C\C=C)=C/C)c1ccccc1. The minimum Gasteiger partial charge on any atom is -0.0991 e. The Balaban J connectivity index is 3.35. The van der Waals surface area contributed by atoms with Crippen LogP contribution in [0.1, 0.15) is 13.8 Å². The first-order valence-electron chi connectivity index (χ1n) is 6.98. The van der Waals surface area contributed by atoms with Crippen molar-refractivity contribution in [1.29, 1.82) is 0 Å². The maximum atomic E-state index is 3.76. The fraction of sp³-hybridized carbons (Fsp3) is 0.100. The van der Waals surface area contributed by atoms with Crippen molar-refractivity contribution >= 4 is 10.9 Å². The van der Waals surface area contributed by atoms with Gasteiger partial charge in [0.2, 0.25) is 0 Å². The lowest BCUT2D eigenvalue weighted by molar-refractivity contribution is 1.44. The summed E-state index contributed by atoms with van der Waals surface area (Å²) in [7, 11) is -0.113. The summed E-state index contributed by atoms with van der Waals surface area (Å²) in [5.74, 6) is 0. The molecule has 1 rings (SSSR count). The zero-order valence-corrected chi connectivity index (χ0v) is 13.6. The van der Waals surface area contributed by atoms with Gasteiger partial charge in [-0.3, -0.25) is 0 Å². The Morgan fingerprint density at radius 2 is 1.33 bits per heavy atom. The van der Waals surface area contributed by atoms with Crippen LogP contribution in [0.2, 0.25) is 0 Å². The Bertz CT molecular complexity index is 537. The molecule has 0 aliphatic rings. The molecular weight excluding hydrogens is 272 g/mol. The van der Waals surface area contributed by atoms with E-state index in [1.807, 2.05) is 24.3 Å². The predicted molar refractivity (Wildman–Crippen MR) is 98.3 cm³/mol. The van der Waals surface area contributed by atoms with Crippen LogP contribution >= 0.6 is 0 Å². The van der Waals surface area contributed by atoms with Crippen LogP contribution < -0.4 is 0 Å². The van der Waals surface area contributed by atoms with Gasteiger partial charge < -0.3 is 0 Å². The zero-order valence-electron chi connectivity index (χ0n) is 12.8. The molecule has 21 heavy (non-hydrogen) atoms. The molecule has 0 fully saturated rings. The maximum absolute atomic E-state index is 3.76. The second-order valence-electron chi connectivity index (χ2n) is 4.19. The highest BCUT2D eigenvalue weighted by Gasteiger charge is 2.29. The molecule has 0 saturated carbocycles. The van der Waals surface area contributed by atoms with Crippen molar-refractivity contribution in [1.82, 2.24) is 0 Å². The second-order valence-corrected chi connectivity index (χ2v) is 6.22. The largest absolute Gasteiger partial charge is 0.166 e. The van der Waals surface area contributed by atoms with Gasteiger partial charge in [0.25, 0.3) is 0 Å². The number of hydrogen-bond donors (Lipinski definition) is 0. The molecule has 1 aromatic carbocycles. The Kier molecular flexibility index (Phi) is 8.00. The summed E-state index contributed by atoms with van der Waals surface area (Å²) in [5.41, 5.74) is 0. The summed E-state index contributed by atoms with van der Waals surface area (Å²) in [5, 5.41) is 0. The number of benzene rings is 1. The van der Waals surface area contributed by atoms with Crippen LogP contribution in [0.4, 0.5) is 0 Å². The lowest BCUT2D eigenvalue weighted by Crippen LogP contribution is -2.07. The topological polar surface area (TPSA) is 0 Å². The highest BCUT2D eigenvalue weighted by atomic mass is 32.2. The molecule has 0 N–H and O–H groups in total. The van der Waals surface area contributed by atoms with Crippen molar-refractivity contribution in [3.8, 4) is 0 Å². The fourth-order valence-corrected chi connectivity index (χ4v) is 4.00. The molecule has 0 aromatic heterocycles. The summed E-state index contributed by atoms with van der Waals surface area (Å²) in [6, 6.07) is 10.6. The zero-order chi connectivity index (χ0) is 15.5. The van der Waals surface area contributed by atoms with Crippen LogP contribution in [-0.2, 0) is 10.9 Å². The minimum atomic E-state index is -0.113. The number of hydrogen-bond acceptors (Lipinski definition) is 0. The molecule has 0 nitrogen and oxygen atoms in total. The minimum absolute atomic E-state index is 0.113. The maximum Gasteiger partial charge on any atom is 0.166 e. The van der Waals surface area contributed by atoms with Crippen LogP contribution in [0.5, 0.6) is 0 Å². The van der Waals surface area contributed by atoms with E-state index in [4.69, 9.17) is 0 Å². The molecule has 0 aliphatic heterocycles. The molecule has 0 bridgehead atoms. The van der Waals surface area contributed by atoms with Crippen molar-refractivity contribution < 1.29 is 0 Å². The molecule has 0 atom stereocenters. The van der Waals surface area contributed by atoms with Crippen molar-refractivity contribution in [2.24, 2.45) is 0 Å². The van der Waals surface area contributed by atoms with E-state index in [1.54, 1.807) is 0 Å². The fourth-order valence-electron chi connectivity index (χ4n) is 1.85. The van der Waals surface area contributed by atoms with Gasteiger partial charge in [-0.2, -0.15) is 0 Å². The molecule has 0 radical (unpaired) electrons. The van der Waals surface area contributed by atoms with Crippen LogP contribution in [0.25, 0.3) is 0 Å². The summed E-state index contributed by atoms with van der Waals surface area (Å²) >= 11 is 0. The van der Waals surface area contributed by atoms with E-state index in [-0.39, 0.29) is 10.9 Å². The summed E-state index contributed by atoms with van der Waals surface area (Å²) in [4.78, 5) is 3.87. The smallest absolute Gasteiger partial charge is 0.0991 e. The third kappa shape index (κ3) is 5.13. The van der Waals surface area contributed by atoms with Crippen LogP contribution in [-0.4, -0.2) is 0 Å². The molecule has 108 valence electrons. The van der Waals surface area contributed by atoms with Crippen LogP contribution in [0.3, 0.4) is 0 Å². The Morgan fingerprint density at radius 3 is 1.71 bits per heavy atom. The average molecular weight is 295 g/mol. The highest BCUT2D eigenvalue weighted by Crippen LogP contribution is 2.31. The standard InChI is InChI=1S/C20H23S/c1-5-9-14-18(7-3)21(19(8-4)15-10-6-2)20-16-12-11-13-17-20/h5-17H,1-2H2,3-4H3/q+1/b14-9-,15-10-,18-7+,19-8+. The van der Waals surface area contributed by atoms with E-state index in [2.05, 4.69) is 81.6 Å². The summed E-state index contributed by atoms with van der Waals surface area (Å²) < 4.78 is 0. The van der Waals surface area contributed by atoms with E-state index in [1.165, 1.54) is 14.7 Å². The first-order chi connectivity index (χ1) is 10.3. The Morgan fingerprint density at radius 1 is 0.857 bits per heavy atom. The predicted octanol–water partition coefficient (Wildman–Crippen LogP) is 5.96. The Hall–Kier alpha value is -1.99. The van der Waals surface area contributed by atoms with Gasteiger partial charge in [-0.25, -0.2) is 0 Å². The van der Waals surface area contributed by atoms with Gasteiger partial charge in [0.1, 0.15) is 0 Å². The number of rotatable bonds is 7. The third-order valence-corrected chi connectivity index (χ3v) is 5.24. The van der Waals surface area contributed by atoms with Gasteiger partial charge in [0.05, 0.1) is 10.9 Å². The van der Waals surface area contributed by atoms with E-state index < -0.39 is 0 Å². The molecule has 0 spiro atoms. The molecule has 0 heterocycles. The molecule has 0 saturated heterocycles. The highest BCUT2D eigenvalue weighted by molar-refractivity contribution is 8.04. The lowest BCUT2D eigenvalue weighted by Gasteiger charge is -2.08. The first-order valence-corrected chi connectivity index (χ1v) is 8.21.